The Morgan fingerprint density at radius 3 is 2.50 bits per heavy atom. The summed E-state index contributed by atoms with van der Waals surface area (Å²) in [4.78, 5) is 0. The number of aryl methyl sites for hydroxylation is 1. The molecule has 1 fully saturated rings. The van der Waals surface area contributed by atoms with Crippen molar-refractivity contribution in [2.75, 3.05) is 0 Å². The molecule has 0 spiro atoms. The van der Waals surface area contributed by atoms with Crippen LogP contribution < -0.4 is 0 Å². The van der Waals surface area contributed by atoms with Crippen LogP contribution in [0.2, 0.25) is 0 Å². The molecule has 1 saturated carbocycles. The summed E-state index contributed by atoms with van der Waals surface area (Å²) >= 11 is 5.94. The first kappa shape index (κ1) is 12.0. The van der Waals surface area contributed by atoms with Gasteiger partial charge in [0.2, 0.25) is 0 Å². The number of hydrogen-bond donors (Lipinski definition) is 0. The standard InChI is InChI=1S/C13H21ClN2/c1-10-13(8-14)11(2)16(15-10)9-12-6-4-3-5-7-12/h12H,3-9H2,1-2H3. The number of alkyl halides is 1. The van der Waals surface area contributed by atoms with Gasteiger partial charge in [-0.15, -0.1) is 11.6 Å². The van der Waals surface area contributed by atoms with Crippen molar-refractivity contribution in [3.05, 3.63) is 17.0 Å². The van der Waals surface area contributed by atoms with Crippen molar-refractivity contribution >= 4 is 11.6 Å². The van der Waals surface area contributed by atoms with Crippen LogP contribution in [0.4, 0.5) is 0 Å². The van der Waals surface area contributed by atoms with Gasteiger partial charge in [-0.3, -0.25) is 4.68 Å². The predicted molar refractivity (Wildman–Crippen MR) is 67.8 cm³/mol. The lowest BCUT2D eigenvalue weighted by atomic mass is 9.89. The second-order valence-electron chi connectivity index (χ2n) is 4.97. The average Bonchev–Trinajstić information content (AvgIpc) is 2.55. The highest BCUT2D eigenvalue weighted by Gasteiger charge is 2.17. The lowest BCUT2D eigenvalue weighted by Crippen LogP contribution is -2.16. The molecule has 2 nitrogen and oxygen atoms in total. The first-order valence-electron chi connectivity index (χ1n) is 6.31. The van der Waals surface area contributed by atoms with E-state index < -0.39 is 0 Å². The van der Waals surface area contributed by atoms with Gasteiger partial charge in [0.1, 0.15) is 0 Å². The number of hydrogen-bond acceptors (Lipinski definition) is 1. The van der Waals surface area contributed by atoms with E-state index in [-0.39, 0.29) is 0 Å². The van der Waals surface area contributed by atoms with Gasteiger partial charge in [0, 0.05) is 17.8 Å². The second kappa shape index (κ2) is 5.22. The summed E-state index contributed by atoms with van der Waals surface area (Å²) in [7, 11) is 0. The van der Waals surface area contributed by atoms with E-state index in [0.717, 1.165) is 18.2 Å². The van der Waals surface area contributed by atoms with E-state index in [2.05, 4.69) is 23.6 Å². The molecule has 0 unspecified atom stereocenters. The minimum Gasteiger partial charge on any atom is -0.269 e. The van der Waals surface area contributed by atoms with Crippen molar-refractivity contribution in [2.24, 2.45) is 5.92 Å². The van der Waals surface area contributed by atoms with Gasteiger partial charge in [-0.05, 0) is 32.6 Å². The number of aromatic nitrogens is 2. The molecule has 1 aliphatic rings. The smallest absolute Gasteiger partial charge is 0.0640 e. The van der Waals surface area contributed by atoms with Crippen LogP contribution in [0.25, 0.3) is 0 Å². The molecule has 0 amide bonds. The molecule has 0 aliphatic heterocycles. The Labute approximate surface area is 103 Å². The van der Waals surface area contributed by atoms with E-state index in [0.29, 0.717) is 5.88 Å². The number of halogens is 1. The highest BCUT2D eigenvalue weighted by Crippen LogP contribution is 2.26. The fraction of sp³-hybridized carbons (Fsp3) is 0.769. The summed E-state index contributed by atoms with van der Waals surface area (Å²) in [6, 6.07) is 0. The second-order valence-corrected chi connectivity index (χ2v) is 5.24. The molecule has 0 bridgehead atoms. The Morgan fingerprint density at radius 1 is 1.25 bits per heavy atom. The van der Waals surface area contributed by atoms with Crippen molar-refractivity contribution in [1.82, 2.24) is 9.78 Å². The predicted octanol–water partition coefficient (Wildman–Crippen LogP) is 3.82. The lowest BCUT2D eigenvalue weighted by molar-refractivity contribution is 0.305. The molecule has 0 radical (unpaired) electrons. The van der Waals surface area contributed by atoms with Gasteiger partial charge in [-0.25, -0.2) is 0 Å². The lowest BCUT2D eigenvalue weighted by Gasteiger charge is -2.22. The van der Waals surface area contributed by atoms with Gasteiger partial charge in [-0.1, -0.05) is 19.3 Å². The van der Waals surface area contributed by atoms with Gasteiger partial charge >= 0.3 is 0 Å². The van der Waals surface area contributed by atoms with E-state index in [9.17, 15) is 0 Å². The maximum Gasteiger partial charge on any atom is 0.0640 e. The minimum atomic E-state index is 0.586. The molecule has 0 atom stereocenters. The molecule has 90 valence electrons. The Hall–Kier alpha value is -0.500. The van der Waals surface area contributed by atoms with Crippen LogP contribution >= 0.6 is 11.6 Å². The van der Waals surface area contributed by atoms with Crippen molar-refractivity contribution < 1.29 is 0 Å². The van der Waals surface area contributed by atoms with Gasteiger partial charge in [0.15, 0.2) is 0 Å². The summed E-state index contributed by atoms with van der Waals surface area (Å²) in [5, 5.41) is 4.61. The third-order valence-electron chi connectivity index (χ3n) is 3.82. The summed E-state index contributed by atoms with van der Waals surface area (Å²) in [5.74, 6) is 1.41. The number of rotatable bonds is 3. The first-order chi connectivity index (χ1) is 7.72. The van der Waals surface area contributed by atoms with Crippen LogP contribution in [0.3, 0.4) is 0 Å². The average molecular weight is 241 g/mol. The Morgan fingerprint density at radius 2 is 1.94 bits per heavy atom. The van der Waals surface area contributed by atoms with Gasteiger partial charge in [-0.2, -0.15) is 5.10 Å². The fourth-order valence-corrected chi connectivity index (χ4v) is 3.11. The van der Waals surface area contributed by atoms with E-state index in [1.54, 1.807) is 0 Å². The van der Waals surface area contributed by atoms with Gasteiger partial charge in [0.25, 0.3) is 0 Å². The normalized spacial score (nSPS) is 17.9. The molecule has 0 N–H and O–H groups in total. The zero-order valence-electron chi connectivity index (χ0n) is 10.3. The maximum atomic E-state index is 5.94. The zero-order valence-corrected chi connectivity index (χ0v) is 11.1. The maximum absolute atomic E-state index is 5.94. The molecule has 2 rings (SSSR count). The van der Waals surface area contributed by atoms with Crippen LogP contribution in [0.15, 0.2) is 0 Å². The Bertz CT molecular complexity index is 351. The third-order valence-corrected chi connectivity index (χ3v) is 4.09. The first-order valence-corrected chi connectivity index (χ1v) is 6.84. The van der Waals surface area contributed by atoms with Crippen molar-refractivity contribution in [2.45, 2.75) is 58.4 Å². The van der Waals surface area contributed by atoms with Crippen molar-refractivity contribution in [3.63, 3.8) is 0 Å². The van der Waals surface area contributed by atoms with E-state index in [1.807, 2.05) is 0 Å². The van der Waals surface area contributed by atoms with Crippen LogP contribution in [0.5, 0.6) is 0 Å². The Balaban J connectivity index is 2.08. The highest BCUT2D eigenvalue weighted by atomic mass is 35.5. The van der Waals surface area contributed by atoms with Crippen molar-refractivity contribution in [3.8, 4) is 0 Å². The molecule has 3 heteroatoms. The monoisotopic (exact) mass is 240 g/mol. The summed E-state index contributed by atoms with van der Waals surface area (Å²) in [6.45, 7) is 5.28. The molecular weight excluding hydrogens is 220 g/mol. The van der Waals surface area contributed by atoms with E-state index >= 15 is 0 Å². The summed E-state index contributed by atoms with van der Waals surface area (Å²) in [6.07, 6.45) is 6.95. The third kappa shape index (κ3) is 2.42. The van der Waals surface area contributed by atoms with Crippen LogP contribution in [0, 0.1) is 19.8 Å². The Kier molecular flexibility index (Phi) is 3.91. The summed E-state index contributed by atoms with van der Waals surface area (Å²) in [5.41, 5.74) is 3.58. The van der Waals surface area contributed by atoms with Gasteiger partial charge < -0.3 is 0 Å². The SMILES string of the molecule is Cc1nn(CC2CCCCC2)c(C)c1CCl. The molecule has 1 aliphatic carbocycles. The molecule has 0 aromatic carbocycles. The van der Waals surface area contributed by atoms with E-state index in [1.165, 1.54) is 43.4 Å². The molecule has 1 aromatic rings. The van der Waals surface area contributed by atoms with Crippen molar-refractivity contribution in [1.29, 1.82) is 0 Å². The quantitative estimate of drug-likeness (QED) is 0.735. The van der Waals surface area contributed by atoms with Crippen LogP contribution in [-0.2, 0) is 12.4 Å². The topological polar surface area (TPSA) is 17.8 Å². The minimum absolute atomic E-state index is 0.586. The molecule has 1 heterocycles. The summed E-state index contributed by atoms with van der Waals surface area (Å²) < 4.78 is 2.17. The molecular formula is C13H21ClN2. The molecule has 0 saturated heterocycles. The zero-order chi connectivity index (χ0) is 11.5. The molecule has 16 heavy (non-hydrogen) atoms. The number of nitrogens with zero attached hydrogens (tertiary/aromatic N) is 2. The van der Waals surface area contributed by atoms with E-state index in [4.69, 9.17) is 11.6 Å². The van der Waals surface area contributed by atoms with Crippen LogP contribution in [0.1, 0.15) is 49.1 Å². The highest BCUT2D eigenvalue weighted by molar-refractivity contribution is 6.17. The fourth-order valence-electron chi connectivity index (χ4n) is 2.72. The van der Waals surface area contributed by atoms with Crippen LogP contribution in [-0.4, -0.2) is 9.78 Å². The largest absolute Gasteiger partial charge is 0.269 e. The van der Waals surface area contributed by atoms with Gasteiger partial charge in [0.05, 0.1) is 11.6 Å². The molecule has 1 aromatic heterocycles.